The topological polar surface area (TPSA) is 80.1 Å². The minimum Gasteiger partial charge on any atom is -0.495 e. The Hall–Kier alpha value is -2.95. The van der Waals surface area contributed by atoms with Gasteiger partial charge in [-0.05, 0) is 41.8 Å². The minimum absolute atomic E-state index is 0.184. The fourth-order valence-corrected chi connectivity index (χ4v) is 2.20. The molecule has 4 N–H and O–H groups in total. The van der Waals surface area contributed by atoms with Crippen molar-refractivity contribution < 1.29 is 9.53 Å². The number of fused-ring (bicyclic) bond motifs is 1. The highest BCUT2D eigenvalue weighted by Gasteiger charge is 2.08. The van der Waals surface area contributed by atoms with Gasteiger partial charge in [0.05, 0.1) is 12.8 Å². The molecule has 5 heteroatoms. The Morgan fingerprint density at radius 1 is 1.19 bits per heavy atom. The number of carbonyl (C=O) groups excluding carboxylic acids is 1. The van der Waals surface area contributed by atoms with Gasteiger partial charge in [-0.2, -0.15) is 0 Å². The fraction of sp³-hybridized carbons (Fsp3) is 0.0625. The molecule has 0 bridgehead atoms. The van der Waals surface area contributed by atoms with E-state index in [-0.39, 0.29) is 5.91 Å². The van der Waals surface area contributed by atoms with E-state index in [0.29, 0.717) is 22.7 Å². The molecule has 0 atom stereocenters. The molecule has 0 spiro atoms. The maximum Gasteiger partial charge on any atom is 0.255 e. The van der Waals surface area contributed by atoms with E-state index in [4.69, 9.17) is 10.5 Å². The molecule has 2 aromatic carbocycles. The van der Waals surface area contributed by atoms with Crippen LogP contribution in [-0.4, -0.2) is 18.0 Å². The van der Waals surface area contributed by atoms with E-state index in [1.807, 2.05) is 24.4 Å². The summed E-state index contributed by atoms with van der Waals surface area (Å²) in [4.78, 5) is 15.3. The fourth-order valence-electron chi connectivity index (χ4n) is 2.20. The van der Waals surface area contributed by atoms with E-state index in [1.54, 1.807) is 31.4 Å². The highest BCUT2D eigenvalue weighted by atomic mass is 16.5. The van der Waals surface area contributed by atoms with E-state index in [9.17, 15) is 4.79 Å². The van der Waals surface area contributed by atoms with Gasteiger partial charge >= 0.3 is 0 Å². The lowest BCUT2D eigenvalue weighted by Gasteiger charge is -2.09. The Balaban J connectivity index is 1.83. The molecule has 5 nitrogen and oxygen atoms in total. The molecule has 1 aromatic heterocycles. The predicted octanol–water partition coefficient (Wildman–Crippen LogP) is 3.01. The third kappa shape index (κ3) is 2.53. The number of ether oxygens (including phenoxy) is 1. The summed E-state index contributed by atoms with van der Waals surface area (Å²) in [5.41, 5.74) is 8.45. The summed E-state index contributed by atoms with van der Waals surface area (Å²) in [6.07, 6.45) is 1.84. The van der Waals surface area contributed by atoms with Crippen LogP contribution < -0.4 is 15.8 Å². The second kappa shape index (κ2) is 5.20. The van der Waals surface area contributed by atoms with Crippen LogP contribution in [0.5, 0.6) is 5.75 Å². The number of aromatic amines is 1. The van der Waals surface area contributed by atoms with Gasteiger partial charge in [0, 0.05) is 23.0 Å². The summed E-state index contributed by atoms with van der Waals surface area (Å²) in [6, 6.07) is 12.6. The number of rotatable bonds is 3. The lowest BCUT2D eigenvalue weighted by atomic mass is 10.1. The normalized spacial score (nSPS) is 10.5. The number of hydrogen-bond acceptors (Lipinski definition) is 3. The van der Waals surface area contributed by atoms with Crippen molar-refractivity contribution in [3.8, 4) is 5.75 Å². The van der Waals surface area contributed by atoms with E-state index in [1.165, 1.54) is 0 Å². The lowest BCUT2D eigenvalue weighted by Crippen LogP contribution is -2.12. The molecule has 21 heavy (non-hydrogen) atoms. The Bertz CT molecular complexity index is 808. The lowest BCUT2D eigenvalue weighted by molar-refractivity contribution is 0.102. The van der Waals surface area contributed by atoms with Crippen LogP contribution in [-0.2, 0) is 0 Å². The summed E-state index contributed by atoms with van der Waals surface area (Å²) in [5.74, 6) is 0.400. The number of amides is 1. The van der Waals surface area contributed by atoms with Crippen LogP contribution >= 0.6 is 0 Å². The van der Waals surface area contributed by atoms with Gasteiger partial charge < -0.3 is 20.8 Å². The van der Waals surface area contributed by atoms with Crippen molar-refractivity contribution in [3.05, 3.63) is 54.2 Å². The summed E-state index contributed by atoms with van der Waals surface area (Å²) in [6.45, 7) is 0. The molecule has 0 fully saturated rings. The highest BCUT2D eigenvalue weighted by molar-refractivity contribution is 6.06. The molecule has 0 saturated heterocycles. The van der Waals surface area contributed by atoms with E-state index in [2.05, 4.69) is 10.3 Å². The van der Waals surface area contributed by atoms with Gasteiger partial charge in [-0.15, -0.1) is 0 Å². The van der Waals surface area contributed by atoms with Crippen molar-refractivity contribution in [3.63, 3.8) is 0 Å². The first kappa shape index (κ1) is 13.1. The van der Waals surface area contributed by atoms with Crippen molar-refractivity contribution in [1.82, 2.24) is 4.98 Å². The molecular formula is C16H15N3O2. The van der Waals surface area contributed by atoms with Crippen LogP contribution in [0.25, 0.3) is 10.9 Å². The number of benzene rings is 2. The van der Waals surface area contributed by atoms with Gasteiger partial charge in [-0.25, -0.2) is 0 Å². The zero-order chi connectivity index (χ0) is 14.8. The molecule has 1 amide bonds. The molecule has 1 heterocycles. The third-order valence-electron chi connectivity index (χ3n) is 3.30. The Morgan fingerprint density at radius 3 is 2.81 bits per heavy atom. The smallest absolute Gasteiger partial charge is 0.255 e. The van der Waals surface area contributed by atoms with Gasteiger partial charge in [0.2, 0.25) is 0 Å². The number of nitrogens with two attached hydrogens (primary N) is 1. The Kier molecular flexibility index (Phi) is 3.23. The first-order chi connectivity index (χ1) is 10.2. The zero-order valence-electron chi connectivity index (χ0n) is 11.5. The van der Waals surface area contributed by atoms with Crippen molar-refractivity contribution >= 4 is 28.2 Å². The van der Waals surface area contributed by atoms with E-state index >= 15 is 0 Å². The molecule has 0 aliphatic heterocycles. The molecule has 0 radical (unpaired) electrons. The van der Waals surface area contributed by atoms with Crippen LogP contribution in [0.3, 0.4) is 0 Å². The maximum atomic E-state index is 12.2. The van der Waals surface area contributed by atoms with E-state index < -0.39 is 0 Å². The van der Waals surface area contributed by atoms with Crippen molar-refractivity contribution in [2.24, 2.45) is 0 Å². The zero-order valence-corrected chi connectivity index (χ0v) is 11.5. The largest absolute Gasteiger partial charge is 0.495 e. The van der Waals surface area contributed by atoms with Crippen LogP contribution in [0.15, 0.2) is 48.7 Å². The number of hydrogen-bond donors (Lipinski definition) is 3. The first-order valence-electron chi connectivity index (χ1n) is 6.49. The molecule has 3 aromatic rings. The number of anilines is 2. The van der Waals surface area contributed by atoms with Crippen LogP contribution in [0.2, 0.25) is 0 Å². The van der Waals surface area contributed by atoms with Gasteiger partial charge in [-0.3, -0.25) is 4.79 Å². The van der Waals surface area contributed by atoms with Crippen LogP contribution in [0, 0.1) is 0 Å². The van der Waals surface area contributed by atoms with Gasteiger partial charge in [-0.1, -0.05) is 6.07 Å². The SMILES string of the molecule is COc1ccc(NC(=O)c2ccc3cc[nH]c3c2)cc1N. The minimum atomic E-state index is -0.184. The Morgan fingerprint density at radius 2 is 2.05 bits per heavy atom. The van der Waals surface area contributed by atoms with E-state index in [0.717, 1.165) is 10.9 Å². The first-order valence-corrected chi connectivity index (χ1v) is 6.49. The third-order valence-corrected chi connectivity index (χ3v) is 3.30. The van der Waals surface area contributed by atoms with Gasteiger partial charge in [0.15, 0.2) is 0 Å². The van der Waals surface area contributed by atoms with Gasteiger partial charge in [0.1, 0.15) is 5.75 Å². The molecule has 0 unspecified atom stereocenters. The molecule has 0 aliphatic rings. The molecule has 3 rings (SSSR count). The number of aromatic nitrogens is 1. The summed E-state index contributed by atoms with van der Waals surface area (Å²) in [5, 5.41) is 3.89. The monoisotopic (exact) mass is 281 g/mol. The van der Waals surface area contributed by atoms with Crippen molar-refractivity contribution in [1.29, 1.82) is 0 Å². The summed E-state index contributed by atoms with van der Waals surface area (Å²) < 4.78 is 5.09. The predicted molar refractivity (Wildman–Crippen MR) is 83.7 cm³/mol. The van der Waals surface area contributed by atoms with Crippen LogP contribution in [0.4, 0.5) is 11.4 Å². The van der Waals surface area contributed by atoms with Crippen LogP contribution in [0.1, 0.15) is 10.4 Å². The molecular weight excluding hydrogens is 266 g/mol. The number of methoxy groups -OCH3 is 1. The molecule has 0 aliphatic carbocycles. The maximum absolute atomic E-state index is 12.2. The number of H-pyrrole nitrogens is 1. The van der Waals surface area contributed by atoms with Crippen molar-refractivity contribution in [2.45, 2.75) is 0 Å². The van der Waals surface area contributed by atoms with Crippen molar-refractivity contribution in [2.75, 3.05) is 18.2 Å². The molecule has 106 valence electrons. The second-order valence-corrected chi connectivity index (χ2v) is 4.69. The Labute approximate surface area is 121 Å². The summed E-state index contributed by atoms with van der Waals surface area (Å²) >= 11 is 0. The summed E-state index contributed by atoms with van der Waals surface area (Å²) in [7, 11) is 1.55. The molecule has 0 saturated carbocycles. The standard InChI is InChI=1S/C16H15N3O2/c1-21-15-5-4-12(9-13(15)17)19-16(20)11-3-2-10-6-7-18-14(10)8-11/h2-9,18H,17H2,1H3,(H,19,20). The quantitative estimate of drug-likeness (QED) is 0.645. The highest BCUT2D eigenvalue weighted by Crippen LogP contribution is 2.25. The number of carbonyl (C=O) groups is 1. The average molecular weight is 281 g/mol. The number of nitrogens with one attached hydrogen (secondary N) is 2. The number of nitrogen functional groups attached to an aromatic ring is 1. The second-order valence-electron chi connectivity index (χ2n) is 4.69. The average Bonchev–Trinajstić information content (AvgIpc) is 2.94. The van der Waals surface area contributed by atoms with Gasteiger partial charge in [0.25, 0.3) is 5.91 Å².